The summed E-state index contributed by atoms with van der Waals surface area (Å²) >= 11 is 12.1. The van der Waals surface area contributed by atoms with Crippen LogP contribution in [0.2, 0.25) is 10.0 Å². The molecule has 2 unspecified atom stereocenters. The van der Waals surface area contributed by atoms with E-state index in [4.69, 9.17) is 23.2 Å². The van der Waals surface area contributed by atoms with Crippen LogP contribution in [0.15, 0.2) is 18.2 Å². The van der Waals surface area contributed by atoms with Gasteiger partial charge in [-0.2, -0.15) is 0 Å². The van der Waals surface area contributed by atoms with Crippen LogP contribution < -0.4 is 10.6 Å². The molecule has 5 heteroatoms. The Bertz CT molecular complexity index is 515. The third kappa shape index (κ3) is 3.11. The number of halogens is 2. The molecule has 2 N–H and O–H groups in total. The summed E-state index contributed by atoms with van der Waals surface area (Å²) in [6, 6.07) is 5.85. The van der Waals surface area contributed by atoms with Gasteiger partial charge in [0.05, 0.1) is 0 Å². The van der Waals surface area contributed by atoms with Gasteiger partial charge in [0.2, 0.25) is 5.91 Å². The number of carbonyl (C=O) groups excluding carboxylic acids is 1. The number of carbonyl (C=O) groups is 1. The van der Waals surface area contributed by atoms with Crippen molar-refractivity contribution in [2.75, 3.05) is 13.1 Å². The summed E-state index contributed by atoms with van der Waals surface area (Å²) in [5.74, 6) is 0.498. The molecule has 0 aromatic heterocycles. The third-order valence-corrected chi connectivity index (χ3v) is 4.74. The molecular weight excluding hydrogens is 295 g/mol. The second-order valence-electron chi connectivity index (χ2n) is 5.65. The lowest BCUT2D eigenvalue weighted by atomic mass is 10.1. The number of piperidine rings is 1. The Kier molecular flexibility index (Phi) is 4.20. The highest BCUT2D eigenvalue weighted by Gasteiger charge is 2.45. The first-order valence-electron chi connectivity index (χ1n) is 7.11. The van der Waals surface area contributed by atoms with Crippen molar-refractivity contribution in [3.05, 3.63) is 33.8 Å². The average molecular weight is 313 g/mol. The van der Waals surface area contributed by atoms with E-state index < -0.39 is 0 Å². The van der Waals surface area contributed by atoms with Crippen LogP contribution in [0, 0.1) is 5.92 Å². The summed E-state index contributed by atoms with van der Waals surface area (Å²) in [6.45, 7) is 1.98. The van der Waals surface area contributed by atoms with E-state index in [2.05, 4.69) is 10.6 Å². The lowest BCUT2D eigenvalue weighted by molar-refractivity contribution is -0.123. The van der Waals surface area contributed by atoms with E-state index in [1.807, 2.05) is 12.1 Å². The minimum atomic E-state index is 0.0727. The lowest BCUT2D eigenvalue weighted by Gasteiger charge is -2.23. The third-order valence-electron chi connectivity index (χ3n) is 4.17. The maximum atomic E-state index is 12.2. The molecule has 1 aliphatic heterocycles. The van der Waals surface area contributed by atoms with E-state index in [-0.39, 0.29) is 17.7 Å². The van der Waals surface area contributed by atoms with Crippen molar-refractivity contribution in [2.24, 2.45) is 5.92 Å². The molecule has 3 rings (SSSR count). The van der Waals surface area contributed by atoms with Gasteiger partial charge in [-0.05, 0) is 56.0 Å². The van der Waals surface area contributed by atoms with Crippen LogP contribution in [0.25, 0.3) is 0 Å². The van der Waals surface area contributed by atoms with Gasteiger partial charge in [0.15, 0.2) is 0 Å². The smallest absolute Gasteiger partial charge is 0.223 e. The molecule has 1 amide bonds. The zero-order valence-corrected chi connectivity index (χ0v) is 12.7. The van der Waals surface area contributed by atoms with Gasteiger partial charge in [-0.15, -0.1) is 0 Å². The summed E-state index contributed by atoms with van der Waals surface area (Å²) in [5, 5.41) is 7.76. The van der Waals surface area contributed by atoms with Crippen molar-refractivity contribution < 1.29 is 4.79 Å². The van der Waals surface area contributed by atoms with Crippen LogP contribution in [0.5, 0.6) is 0 Å². The number of amides is 1. The molecule has 0 bridgehead atoms. The normalized spacial score (nSPS) is 26.3. The Morgan fingerprint density at radius 1 is 1.25 bits per heavy atom. The Morgan fingerprint density at radius 3 is 2.70 bits per heavy atom. The number of rotatable bonds is 3. The van der Waals surface area contributed by atoms with Gasteiger partial charge >= 0.3 is 0 Å². The van der Waals surface area contributed by atoms with Crippen LogP contribution in [-0.2, 0) is 4.79 Å². The topological polar surface area (TPSA) is 41.1 Å². The molecule has 1 aromatic rings. The first-order valence-corrected chi connectivity index (χ1v) is 7.87. The molecule has 1 aliphatic carbocycles. The minimum Gasteiger partial charge on any atom is -0.353 e. The van der Waals surface area contributed by atoms with Gasteiger partial charge in [0, 0.05) is 22.0 Å². The molecular formula is C15H18Cl2N2O. The second-order valence-corrected chi connectivity index (χ2v) is 6.49. The van der Waals surface area contributed by atoms with Gasteiger partial charge in [0.1, 0.15) is 0 Å². The van der Waals surface area contributed by atoms with Gasteiger partial charge in [-0.1, -0.05) is 29.3 Å². The summed E-state index contributed by atoms with van der Waals surface area (Å²) in [4.78, 5) is 12.2. The Balaban J connectivity index is 1.59. The fourth-order valence-corrected chi connectivity index (χ4v) is 3.45. The van der Waals surface area contributed by atoms with Crippen LogP contribution in [0.1, 0.15) is 30.7 Å². The van der Waals surface area contributed by atoms with E-state index >= 15 is 0 Å². The zero-order valence-electron chi connectivity index (χ0n) is 11.2. The molecule has 0 spiro atoms. The molecule has 1 saturated heterocycles. The highest BCUT2D eigenvalue weighted by Crippen LogP contribution is 2.50. The van der Waals surface area contributed by atoms with E-state index in [1.54, 1.807) is 6.07 Å². The largest absolute Gasteiger partial charge is 0.353 e. The summed E-state index contributed by atoms with van der Waals surface area (Å²) in [6.07, 6.45) is 2.92. The lowest BCUT2D eigenvalue weighted by Crippen LogP contribution is -2.43. The van der Waals surface area contributed by atoms with E-state index in [9.17, 15) is 4.79 Å². The molecule has 20 heavy (non-hydrogen) atoms. The second kappa shape index (κ2) is 5.92. The molecule has 2 aliphatic rings. The van der Waals surface area contributed by atoms with Gasteiger partial charge < -0.3 is 10.6 Å². The molecule has 2 atom stereocenters. The molecule has 3 nitrogen and oxygen atoms in total. The predicted molar refractivity (Wildman–Crippen MR) is 81.3 cm³/mol. The SMILES string of the molecule is O=C(NC1CCNCC1)C1CC1c1ccc(Cl)cc1Cl. The molecule has 108 valence electrons. The average Bonchev–Trinajstić information content (AvgIpc) is 3.20. The van der Waals surface area contributed by atoms with Crippen molar-refractivity contribution in [3.8, 4) is 0 Å². The standard InChI is InChI=1S/C15H18Cl2N2O/c16-9-1-2-11(14(17)7-9)12-8-13(12)15(20)19-10-3-5-18-6-4-10/h1-2,7,10,12-13,18H,3-6,8H2,(H,19,20). The van der Waals surface area contributed by atoms with Crippen molar-refractivity contribution in [3.63, 3.8) is 0 Å². The van der Waals surface area contributed by atoms with Crippen LogP contribution >= 0.6 is 23.2 Å². The molecule has 0 radical (unpaired) electrons. The molecule has 2 fully saturated rings. The highest BCUT2D eigenvalue weighted by atomic mass is 35.5. The van der Waals surface area contributed by atoms with E-state index in [1.165, 1.54) is 0 Å². The Labute approximate surface area is 129 Å². The summed E-state index contributed by atoms with van der Waals surface area (Å²) in [5.41, 5.74) is 1.04. The van der Waals surface area contributed by atoms with Gasteiger partial charge in [0.25, 0.3) is 0 Å². The highest BCUT2D eigenvalue weighted by molar-refractivity contribution is 6.35. The maximum Gasteiger partial charge on any atom is 0.223 e. The van der Waals surface area contributed by atoms with Crippen LogP contribution in [0.3, 0.4) is 0 Å². The van der Waals surface area contributed by atoms with Crippen molar-refractivity contribution >= 4 is 29.1 Å². The monoisotopic (exact) mass is 312 g/mol. The van der Waals surface area contributed by atoms with Crippen molar-refractivity contribution in [1.82, 2.24) is 10.6 Å². The maximum absolute atomic E-state index is 12.2. The number of hydrogen-bond acceptors (Lipinski definition) is 2. The number of nitrogens with one attached hydrogen (secondary N) is 2. The fourth-order valence-electron chi connectivity index (χ4n) is 2.91. The zero-order chi connectivity index (χ0) is 14.1. The predicted octanol–water partition coefficient (Wildman–Crippen LogP) is 2.97. The van der Waals surface area contributed by atoms with Gasteiger partial charge in [-0.3, -0.25) is 4.79 Å². The Morgan fingerprint density at radius 2 is 2.00 bits per heavy atom. The summed E-state index contributed by atoms with van der Waals surface area (Å²) in [7, 11) is 0. The minimum absolute atomic E-state index is 0.0727. The first kappa shape index (κ1) is 14.2. The molecule has 1 saturated carbocycles. The van der Waals surface area contributed by atoms with E-state index in [0.717, 1.165) is 37.9 Å². The first-order chi connectivity index (χ1) is 9.65. The number of hydrogen-bond donors (Lipinski definition) is 2. The Hall–Kier alpha value is -0.770. The van der Waals surface area contributed by atoms with Crippen molar-refractivity contribution in [2.45, 2.75) is 31.2 Å². The molecule has 1 aromatic carbocycles. The van der Waals surface area contributed by atoms with E-state index in [0.29, 0.717) is 16.1 Å². The molecule has 1 heterocycles. The van der Waals surface area contributed by atoms with Crippen LogP contribution in [-0.4, -0.2) is 25.0 Å². The fraction of sp³-hybridized carbons (Fsp3) is 0.533. The van der Waals surface area contributed by atoms with Gasteiger partial charge in [-0.25, -0.2) is 0 Å². The number of benzene rings is 1. The summed E-state index contributed by atoms with van der Waals surface area (Å²) < 4.78 is 0. The van der Waals surface area contributed by atoms with Crippen molar-refractivity contribution in [1.29, 1.82) is 0 Å². The quantitative estimate of drug-likeness (QED) is 0.901. The van der Waals surface area contributed by atoms with Crippen LogP contribution in [0.4, 0.5) is 0 Å².